The molecule has 1 aliphatic carbocycles. The first-order chi connectivity index (χ1) is 7.16. The first-order valence-electron chi connectivity index (χ1n) is 6.51. The molecule has 0 amide bonds. The van der Waals surface area contributed by atoms with E-state index in [1.54, 1.807) is 0 Å². The average molecular weight is 228 g/mol. The molecule has 0 saturated heterocycles. The van der Waals surface area contributed by atoms with Crippen LogP contribution in [0.2, 0.25) is 0 Å². The summed E-state index contributed by atoms with van der Waals surface area (Å²) < 4.78 is 12.0. The minimum Gasteiger partial charge on any atom is -0.373 e. The van der Waals surface area contributed by atoms with Crippen molar-refractivity contribution in [3.63, 3.8) is 0 Å². The van der Waals surface area contributed by atoms with Crippen LogP contribution in [0.25, 0.3) is 0 Å². The zero-order chi connectivity index (χ0) is 12.4. The molecule has 16 heavy (non-hydrogen) atoms. The lowest BCUT2D eigenvalue weighted by atomic mass is 9.93. The highest BCUT2D eigenvalue weighted by atomic mass is 16.5. The highest BCUT2D eigenvalue weighted by molar-refractivity contribution is 4.77. The van der Waals surface area contributed by atoms with Crippen LogP contribution in [-0.2, 0) is 9.47 Å². The Bertz CT molecular complexity index is 178. The van der Waals surface area contributed by atoms with Gasteiger partial charge in [-0.25, -0.2) is 0 Å². The lowest BCUT2D eigenvalue weighted by Gasteiger charge is -2.36. The second kappa shape index (κ2) is 5.05. The molecule has 0 N–H and O–H groups in total. The van der Waals surface area contributed by atoms with Crippen molar-refractivity contribution in [2.24, 2.45) is 0 Å². The monoisotopic (exact) mass is 228 g/mol. The maximum absolute atomic E-state index is 6.00. The van der Waals surface area contributed by atoms with E-state index >= 15 is 0 Å². The Kier molecular flexibility index (Phi) is 4.42. The summed E-state index contributed by atoms with van der Waals surface area (Å²) in [5, 5.41) is 0. The third-order valence-corrected chi connectivity index (χ3v) is 2.66. The Labute approximate surface area is 101 Å². The molecule has 1 rings (SSSR count). The first kappa shape index (κ1) is 14.0. The van der Waals surface area contributed by atoms with Crippen LogP contribution >= 0.6 is 0 Å². The summed E-state index contributed by atoms with van der Waals surface area (Å²) in [6, 6.07) is 0. The Hall–Kier alpha value is -0.0800. The predicted molar refractivity (Wildman–Crippen MR) is 67.7 cm³/mol. The molecule has 0 radical (unpaired) electrons. The summed E-state index contributed by atoms with van der Waals surface area (Å²) >= 11 is 0. The van der Waals surface area contributed by atoms with Gasteiger partial charge in [-0.05, 0) is 67.2 Å². The van der Waals surface area contributed by atoms with Crippen molar-refractivity contribution in [2.75, 3.05) is 0 Å². The average Bonchev–Trinajstić information content (AvgIpc) is 2.03. The summed E-state index contributed by atoms with van der Waals surface area (Å²) in [4.78, 5) is 0. The van der Waals surface area contributed by atoms with Gasteiger partial charge in [0.1, 0.15) is 0 Å². The highest BCUT2D eigenvalue weighted by Crippen LogP contribution is 2.28. The summed E-state index contributed by atoms with van der Waals surface area (Å²) in [6.45, 7) is 12.8. The zero-order valence-electron chi connectivity index (χ0n) is 11.8. The molecule has 0 bridgehead atoms. The molecule has 0 unspecified atom stereocenters. The minimum atomic E-state index is -0.0115. The molecule has 1 fully saturated rings. The van der Waals surface area contributed by atoms with Gasteiger partial charge in [0.25, 0.3) is 0 Å². The van der Waals surface area contributed by atoms with Gasteiger partial charge in [-0.15, -0.1) is 0 Å². The van der Waals surface area contributed by atoms with Crippen LogP contribution in [0.3, 0.4) is 0 Å². The van der Waals surface area contributed by atoms with Crippen LogP contribution < -0.4 is 0 Å². The molecule has 0 aromatic carbocycles. The molecule has 0 heterocycles. The Morgan fingerprint density at radius 3 is 1.06 bits per heavy atom. The molecule has 0 aromatic rings. The van der Waals surface area contributed by atoms with Crippen molar-refractivity contribution in [2.45, 2.75) is 90.6 Å². The number of rotatable bonds is 2. The maximum Gasteiger partial charge on any atom is 0.0602 e. The van der Waals surface area contributed by atoms with E-state index in [1.165, 1.54) is 0 Å². The minimum absolute atomic E-state index is 0.0115. The standard InChI is InChI=1S/C14H28O2/c1-13(2,3)15-11-7-9-12(10-8-11)16-14(4,5)6/h11-12H,7-10H2,1-6H3. The summed E-state index contributed by atoms with van der Waals surface area (Å²) in [5.41, 5.74) is -0.0230. The molecular formula is C14H28O2. The molecule has 2 heteroatoms. The van der Waals surface area contributed by atoms with Crippen molar-refractivity contribution in [1.29, 1.82) is 0 Å². The molecule has 0 atom stereocenters. The van der Waals surface area contributed by atoms with Crippen molar-refractivity contribution in [1.82, 2.24) is 0 Å². The van der Waals surface area contributed by atoms with Crippen molar-refractivity contribution >= 4 is 0 Å². The van der Waals surface area contributed by atoms with Gasteiger partial charge in [0.05, 0.1) is 23.4 Å². The van der Waals surface area contributed by atoms with Crippen LogP contribution in [-0.4, -0.2) is 23.4 Å². The van der Waals surface area contributed by atoms with Crippen molar-refractivity contribution in [3.05, 3.63) is 0 Å². The summed E-state index contributed by atoms with van der Waals surface area (Å²) in [6.07, 6.45) is 5.41. The second-order valence-electron chi connectivity index (χ2n) is 6.86. The van der Waals surface area contributed by atoms with Crippen molar-refractivity contribution in [3.8, 4) is 0 Å². The quantitative estimate of drug-likeness (QED) is 0.713. The van der Waals surface area contributed by atoms with E-state index in [4.69, 9.17) is 9.47 Å². The molecule has 0 aliphatic heterocycles. The Balaban J connectivity index is 2.29. The van der Waals surface area contributed by atoms with E-state index in [0.29, 0.717) is 12.2 Å². The van der Waals surface area contributed by atoms with Gasteiger partial charge in [-0.2, -0.15) is 0 Å². The van der Waals surface area contributed by atoms with Crippen LogP contribution in [0.4, 0.5) is 0 Å². The van der Waals surface area contributed by atoms with E-state index in [0.717, 1.165) is 25.7 Å². The van der Waals surface area contributed by atoms with E-state index in [1.807, 2.05) is 0 Å². The van der Waals surface area contributed by atoms with E-state index in [-0.39, 0.29) is 11.2 Å². The third kappa shape index (κ3) is 5.86. The lowest BCUT2D eigenvalue weighted by molar-refractivity contribution is -0.118. The Morgan fingerprint density at radius 1 is 0.625 bits per heavy atom. The normalized spacial score (nSPS) is 28.1. The first-order valence-corrected chi connectivity index (χ1v) is 6.51. The molecule has 0 spiro atoms. The van der Waals surface area contributed by atoms with Gasteiger partial charge >= 0.3 is 0 Å². The predicted octanol–water partition coefficient (Wildman–Crippen LogP) is 3.93. The molecule has 2 nitrogen and oxygen atoms in total. The van der Waals surface area contributed by atoms with E-state index in [2.05, 4.69) is 41.5 Å². The number of hydrogen-bond donors (Lipinski definition) is 0. The summed E-state index contributed by atoms with van der Waals surface area (Å²) in [5.74, 6) is 0. The second-order valence-corrected chi connectivity index (χ2v) is 6.86. The SMILES string of the molecule is CC(C)(C)OC1CCC(OC(C)(C)C)CC1. The molecule has 0 aromatic heterocycles. The fourth-order valence-corrected chi connectivity index (χ4v) is 2.27. The number of hydrogen-bond acceptors (Lipinski definition) is 2. The molecular weight excluding hydrogens is 200 g/mol. The lowest BCUT2D eigenvalue weighted by Crippen LogP contribution is -2.35. The van der Waals surface area contributed by atoms with E-state index in [9.17, 15) is 0 Å². The summed E-state index contributed by atoms with van der Waals surface area (Å²) in [7, 11) is 0. The van der Waals surface area contributed by atoms with Gasteiger partial charge in [-0.1, -0.05) is 0 Å². The van der Waals surface area contributed by atoms with Crippen LogP contribution in [0.1, 0.15) is 67.2 Å². The maximum atomic E-state index is 6.00. The zero-order valence-corrected chi connectivity index (χ0v) is 11.8. The smallest absolute Gasteiger partial charge is 0.0602 e. The molecule has 1 saturated carbocycles. The largest absolute Gasteiger partial charge is 0.373 e. The van der Waals surface area contributed by atoms with Gasteiger partial charge in [-0.3, -0.25) is 0 Å². The van der Waals surface area contributed by atoms with Crippen LogP contribution in [0.15, 0.2) is 0 Å². The van der Waals surface area contributed by atoms with E-state index < -0.39 is 0 Å². The topological polar surface area (TPSA) is 18.5 Å². The fraction of sp³-hybridized carbons (Fsp3) is 1.00. The Morgan fingerprint density at radius 2 is 0.875 bits per heavy atom. The molecule has 1 aliphatic rings. The van der Waals surface area contributed by atoms with Crippen LogP contribution in [0, 0.1) is 0 Å². The van der Waals surface area contributed by atoms with Gasteiger partial charge in [0, 0.05) is 0 Å². The van der Waals surface area contributed by atoms with Gasteiger partial charge < -0.3 is 9.47 Å². The number of ether oxygens (including phenoxy) is 2. The molecule has 96 valence electrons. The third-order valence-electron chi connectivity index (χ3n) is 2.66. The van der Waals surface area contributed by atoms with Crippen molar-refractivity contribution < 1.29 is 9.47 Å². The fourth-order valence-electron chi connectivity index (χ4n) is 2.27. The highest BCUT2D eigenvalue weighted by Gasteiger charge is 2.28. The van der Waals surface area contributed by atoms with Gasteiger partial charge in [0.15, 0.2) is 0 Å². The van der Waals surface area contributed by atoms with Gasteiger partial charge in [0.2, 0.25) is 0 Å². The van der Waals surface area contributed by atoms with Crippen LogP contribution in [0.5, 0.6) is 0 Å².